The molecule has 2 aliphatic rings. The van der Waals surface area contributed by atoms with Gasteiger partial charge in [0.25, 0.3) is 5.56 Å². The number of carbonyl (C=O) groups is 1. The smallest absolute Gasteiger partial charge is 0.262 e. The van der Waals surface area contributed by atoms with Gasteiger partial charge in [0.1, 0.15) is 4.83 Å². The molecule has 1 amide bonds. The Bertz CT molecular complexity index is 847. The summed E-state index contributed by atoms with van der Waals surface area (Å²) >= 11 is 1.67. The van der Waals surface area contributed by atoms with Gasteiger partial charge in [-0.15, -0.1) is 11.3 Å². The maximum atomic E-state index is 12.9. The van der Waals surface area contributed by atoms with Gasteiger partial charge in [0.2, 0.25) is 5.91 Å². The average molecular weight is 374 g/mol. The average Bonchev–Trinajstić information content (AvgIpc) is 2.84. The quantitative estimate of drug-likeness (QED) is 0.834. The Morgan fingerprint density at radius 2 is 1.92 bits per heavy atom. The third-order valence-corrected chi connectivity index (χ3v) is 6.94. The number of amides is 1. The molecule has 0 radical (unpaired) electrons. The molecule has 2 aromatic heterocycles. The predicted molar refractivity (Wildman–Crippen MR) is 105 cm³/mol. The van der Waals surface area contributed by atoms with Crippen molar-refractivity contribution in [1.29, 1.82) is 0 Å². The van der Waals surface area contributed by atoms with Crippen LogP contribution in [-0.4, -0.2) is 21.5 Å². The van der Waals surface area contributed by atoms with E-state index in [9.17, 15) is 9.59 Å². The second kappa shape index (κ2) is 7.91. The van der Waals surface area contributed by atoms with Crippen LogP contribution in [0.25, 0.3) is 10.2 Å². The summed E-state index contributed by atoms with van der Waals surface area (Å²) in [7, 11) is 0. The highest BCUT2D eigenvalue weighted by atomic mass is 32.1. The normalized spacial score (nSPS) is 18.5. The van der Waals surface area contributed by atoms with E-state index in [1.165, 1.54) is 42.5 Å². The van der Waals surface area contributed by atoms with E-state index in [4.69, 9.17) is 0 Å². The molecule has 2 aliphatic carbocycles. The molecule has 0 bridgehead atoms. The second-order valence-corrected chi connectivity index (χ2v) is 8.72. The van der Waals surface area contributed by atoms with Gasteiger partial charge in [0, 0.05) is 23.9 Å². The first-order valence-corrected chi connectivity index (χ1v) is 10.8. The maximum Gasteiger partial charge on any atom is 0.262 e. The molecule has 2 heterocycles. The fourth-order valence-electron chi connectivity index (χ4n) is 4.29. The fraction of sp³-hybridized carbons (Fsp3) is 0.650. The van der Waals surface area contributed by atoms with Gasteiger partial charge in [-0.25, -0.2) is 4.98 Å². The Morgan fingerprint density at radius 1 is 1.15 bits per heavy atom. The van der Waals surface area contributed by atoms with Crippen molar-refractivity contribution in [2.24, 2.45) is 0 Å². The molecule has 0 atom stereocenters. The summed E-state index contributed by atoms with van der Waals surface area (Å²) in [6.07, 6.45) is 13.5. The van der Waals surface area contributed by atoms with Gasteiger partial charge in [-0.1, -0.05) is 25.7 Å². The molecular weight excluding hydrogens is 346 g/mol. The first-order chi connectivity index (χ1) is 12.7. The highest BCUT2D eigenvalue weighted by Gasteiger charge is 2.20. The van der Waals surface area contributed by atoms with Crippen molar-refractivity contribution < 1.29 is 4.79 Å². The van der Waals surface area contributed by atoms with E-state index >= 15 is 0 Å². The van der Waals surface area contributed by atoms with Gasteiger partial charge in [0.05, 0.1) is 11.7 Å². The van der Waals surface area contributed by atoms with Crippen molar-refractivity contribution in [3.05, 3.63) is 27.1 Å². The number of nitrogens with zero attached hydrogens (tertiary/aromatic N) is 2. The van der Waals surface area contributed by atoms with Crippen molar-refractivity contribution in [1.82, 2.24) is 14.9 Å². The van der Waals surface area contributed by atoms with Gasteiger partial charge in [-0.3, -0.25) is 14.2 Å². The van der Waals surface area contributed by atoms with Gasteiger partial charge in [-0.2, -0.15) is 0 Å². The lowest BCUT2D eigenvalue weighted by Crippen LogP contribution is -2.35. The predicted octanol–water partition coefficient (Wildman–Crippen LogP) is 3.57. The Hall–Kier alpha value is -1.69. The Kier molecular flexibility index (Phi) is 5.38. The second-order valence-electron chi connectivity index (χ2n) is 7.64. The lowest BCUT2D eigenvalue weighted by Gasteiger charge is -2.16. The van der Waals surface area contributed by atoms with Crippen molar-refractivity contribution in [3.63, 3.8) is 0 Å². The number of nitrogens with one attached hydrogen (secondary N) is 1. The standard InChI is InChI=1S/C20H27N3O2S/c24-17(22-14-7-3-1-2-4-8-14)11-12-23-13-21-19-18(20(23)25)15-9-5-6-10-16(15)26-19/h13-14H,1-12H2,(H,22,24). The minimum Gasteiger partial charge on any atom is -0.353 e. The summed E-state index contributed by atoms with van der Waals surface area (Å²) in [5.74, 6) is 0.0521. The van der Waals surface area contributed by atoms with Gasteiger partial charge in [-0.05, 0) is 44.1 Å². The molecule has 0 aliphatic heterocycles. The van der Waals surface area contributed by atoms with Crippen LogP contribution in [0.2, 0.25) is 0 Å². The molecule has 0 aromatic carbocycles. The summed E-state index contributed by atoms with van der Waals surface area (Å²) in [4.78, 5) is 31.9. The lowest BCUT2D eigenvalue weighted by molar-refractivity contribution is -0.122. The van der Waals surface area contributed by atoms with Crippen LogP contribution in [0.3, 0.4) is 0 Å². The van der Waals surface area contributed by atoms with Crippen LogP contribution in [0.5, 0.6) is 0 Å². The topological polar surface area (TPSA) is 64.0 Å². The summed E-state index contributed by atoms with van der Waals surface area (Å²) in [5, 5.41) is 3.96. The molecule has 0 saturated heterocycles. The van der Waals surface area contributed by atoms with Crippen LogP contribution in [0, 0.1) is 0 Å². The molecular formula is C20H27N3O2S. The van der Waals surface area contributed by atoms with E-state index in [-0.39, 0.29) is 11.5 Å². The van der Waals surface area contributed by atoms with Crippen molar-refractivity contribution >= 4 is 27.5 Å². The number of aromatic nitrogens is 2. The molecule has 6 heteroatoms. The van der Waals surface area contributed by atoms with E-state index in [0.29, 0.717) is 19.0 Å². The van der Waals surface area contributed by atoms with Crippen LogP contribution >= 0.6 is 11.3 Å². The minimum atomic E-state index is 0.0247. The van der Waals surface area contributed by atoms with Crippen molar-refractivity contribution in [2.45, 2.75) is 83.2 Å². The molecule has 1 saturated carbocycles. The third-order valence-electron chi connectivity index (χ3n) is 5.74. The first-order valence-electron chi connectivity index (χ1n) is 10.0. The largest absolute Gasteiger partial charge is 0.353 e. The maximum absolute atomic E-state index is 12.9. The number of carbonyl (C=O) groups excluding carboxylic acids is 1. The van der Waals surface area contributed by atoms with Gasteiger partial charge in [0.15, 0.2) is 0 Å². The number of hydrogen-bond donors (Lipinski definition) is 1. The molecule has 2 aromatic rings. The third kappa shape index (κ3) is 3.70. The zero-order valence-electron chi connectivity index (χ0n) is 15.3. The molecule has 4 rings (SSSR count). The zero-order valence-corrected chi connectivity index (χ0v) is 16.1. The molecule has 140 valence electrons. The molecule has 1 fully saturated rings. The number of aryl methyl sites for hydroxylation is 3. The van der Waals surface area contributed by atoms with Crippen LogP contribution in [0.15, 0.2) is 11.1 Å². The summed E-state index contributed by atoms with van der Waals surface area (Å²) in [5.41, 5.74) is 1.24. The number of rotatable bonds is 4. The lowest BCUT2D eigenvalue weighted by atomic mass is 9.97. The Balaban J connectivity index is 1.44. The first kappa shape index (κ1) is 17.7. The fourth-order valence-corrected chi connectivity index (χ4v) is 5.51. The SMILES string of the molecule is O=C(CCn1cnc2sc3c(c2c1=O)CCCC3)NC1CCCCCC1. The highest BCUT2D eigenvalue weighted by molar-refractivity contribution is 7.18. The van der Waals surface area contributed by atoms with Gasteiger partial charge < -0.3 is 5.32 Å². The van der Waals surface area contributed by atoms with E-state index < -0.39 is 0 Å². The number of fused-ring (bicyclic) bond motifs is 3. The van der Waals surface area contributed by atoms with E-state index in [1.807, 2.05) is 0 Å². The van der Waals surface area contributed by atoms with E-state index in [2.05, 4.69) is 10.3 Å². The summed E-state index contributed by atoms with van der Waals surface area (Å²) in [6, 6.07) is 0.311. The molecule has 26 heavy (non-hydrogen) atoms. The van der Waals surface area contributed by atoms with Crippen LogP contribution < -0.4 is 10.9 Å². The van der Waals surface area contributed by atoms with E-state index in [1.54, 1.807) is 22.2 Å². The summed E-state index contributed by atoms with van der Waals surface area (Å²) < 4.78 is 1.62. The van der Waals surface area contributed by atoms with Crippen LogP contribution in [0.4, 0.5) is 0 Å². The minimum absolute atomic E-state index is 0.0247. The molecule has 5 nitrogen and oxygen atoms in total. The zero-order chi connectivity index (χ0) is 17.9. The molecule has 0 spiro atoms. The highest BCUT2D eigenvalue weighted by Crippen LogP contribution is 2.33. The van der Waals surface area contributed by atoms with Crippen LogP contribution in [0.1, 0.15) is 68.2 Å². The monoisotopic (exact) mass is 373 g/mol. The van der Waals surface area contributed by atoms with Crippen molar-refractivity contribution in [2.75, 3.05) is 0 Å². The van der Waals surface area contributed by atoms with Gasteiger partial charge >= 0.3 is 0 Å². The number of thiophene rings is 1. The van der Waals surface area contributed by atoms with Crippen molar-refractivity contribution in [3.8, 4) is 0 Å². The molecule has 1 N–H and O–H groups in total. The number of hydrogen-bond acceptors (Lipinski definition) is 4. The molecule has 0 unspecified atom stereocenters. The Morgan fingerprint density at radius 3 is 2.73 bits per heavy atom. The Labute approximate surface area is 157 Å². The summed E-state index contributed by atoms with van der Waals surface area (Å²) in [6.45, 7) is 0.408. The van der Waals surface area contributed by atoms with Crippen LogP contribution in [-0.2, 0) is 24.2 Å². The van der Waals surface area contributed by atoms with E-state index in [0.717, 1.165) is 42.3 Å².